The number of fused-ring (bicyclic) bond motifs is 2. The third-order valence-corrected chi connectivity index (χ3v) is 5.61. The molecule has 0 bridgehead atoms. The van der Waals surface area contributed by atoms with Crippen LogP contribution in [-0.4, -0.2) is 9.97 Å². The van der Waals surface area contributed by atoms with Crippen molar-refractivity contribution in [3.05, 3.63) is 89.3 Å². The lowest BCUT2D eigenvalue weighted by molar-refractivity contribution is 0.589. The van der Waals surface area contributed by atoms with E-state index >= 15 is 0 Å². The molecule has 0 saturated carbocycles. The third-order valence-electron chi connectivity index (χ3n) is 5.61. The highest BCUT2D eigenvalue weighted by Gasteiger charge is 2.14. The second-order valence-electron chi connectivity index (χ2n) is 9.15. The number of rotatable bonds is 3. The van der Waals surface area contributed by atoms with E-state index in [9.17, 15) is 0 Å². The van der Waals surface area contributed by atoms with Gasteiger partial charge in [-0.2, -0.15) is 5.10 Å². The number of hydrogen-bond acceptors (Lipinski definition) is 4. The van der Waals surface area contributed by atoms with Gasteiger partial charge in [0.2, 0.25) is 5.95 Å². The number of para-hydroxylation sites is 2. The summed E-state index contributed by atoms with van der Waals surface area (Å²) in [6, 6.07) is 24.6. The Kier molecular flexibility index (Phi) is 4.82. The molecule has 0 atom stereocenters. The fourth-order valence-corrected chi connectivity index (χ4v) is 3.77. The first kappa shape index (κ1) is 20.1. The lowest BCUT2D eigenvalue weighted by atomic mass is 9.86. The van der Waals surface area contributed by atoms with Gasteiger partial charge in [-0.05, 0) is 42.2 Å². The number of aromatic nitrogens is 2. The lowest BCUT2D eigenvalue weighted by Crippen LogP contribution is -2.10. The van der Waals surface area contributed by atoms with E-state index in [2.05, 4.69) is 84.6 Å². The van der Waals surface area contributed by atoms with E-state index in [1.165, 1.54) is 5.56 Å². The summed E-state index contributed by atoms with van der Waals surface area (Å²) in [4.78, 5) is 7.81. The molecule has 32 heavy (non-hydrogen) atoms. The van der Waals surface area contributed by atoms with E-state index in [4.69, 9.17) is 4.42 Å². The van der Waals surface area contributed by atoms with Crippen molar-refractivity contribution in [3.8, 4) is 11.3 Å². The Balaban J connectivity index is 1.60. The number of aryl methyl sites for hydroxylation is 1. The van der Waals surface area contributed by atoms with Crippen molar-refractivity contribution in [3.63, 3.8) is 0 Å². The molecule has 0 spiro atoms. The van der Waals surface area contributed by atoms with E-state index in [1.54, 1.807) is 0 Å². The molecule has 5 rings (SSSR count). The van der Waals surface area contributed by atoms with Gasteiger partial charge in [0.25, 0.3) is 0 Å². The van der Waals surface area contributed by atoms with Crippen LogP contribution in [0.25, 0.3) is 33.3 Å². The van der Waals surface area contributed by atoms with E-state index in [0.29, 0.717) is 5.95 Å². The minimum absolute atomic E-state index is 0.105. The summed E-state index contributed by atoms with van der Waals surface area (Å²) in [5, 5.41) is 6.42. The van der Waals surface area contributed by atoms with Crippen LogP contribution >= 0.6 is 0 Å². The van der Waals surface area contributed by atoms with Gasteiger partial charge < -0.3 is 9.40 Å². The first-order valence-corrected chi connectivity index (χ1v) is 10.8. The van der Waals surface area contributed by atoms with Crippen LogP contribution in [0, 0.1) is 6.92 Å². The SMILES string of the molecule is Cc1ccc2oc(-c3ccc(C(C)(C)C)cc3)c/c(=N\Nc3nc4ccccc4[nH]3)c2c1. The zero-order chi connectivity index (χ0) is 22.3. The van der Waals surface area contributed by atoms with Crippen LogP contribution in [-0.2, 0) is 5.41 Å². The van der Waals surface area contributed by atoms with Crippen molar-refractivity contribution in [2.45, 2.75) is 33.1 Å². The monoisotopic (exact) mass is 422 g/mol. The zero-order valence-electron chi connectivity index (χ0n) is 18.7. The zero-order valence-corrected chi connectivity index (χ0v) is 18.7. The fourth-order valence-electron chi connectivity index (χ4n) is 3.77. The van der Waals surface area contributed by atoms with Crippen molar-refractivity contribution in [1.82, 2.24) is 9.97 Å². The minimum Gasteiger partial charge on any atom is -0.456 e. The van der Waals surface area contributed by atoms with Crippen LogP contribution in [0.15, 0.2) is 82.3 Å². The number of aromatic amines is 1. The predicted molar refractivity (Wildman–Crippen MR) is 130 cm³/mol. The second-order valence-corrected chi connectivity index (χ2v) is 9.15. The van der Waals surface area contributed by atoms with Gasteiger partial charge in [0.15, 0.2) is 0 Å². The summed E-state index contributed by atoms with van der Waals surface area (Å²) in [6.45, 7) is 8.71. The molecule has 3 aromatic carbocycles. The topological polar surface area (TPSA) is 66.2 Å². The number of anilines is 1. The number of imidazole rings is 1. The minimum atomic E-state index is 0.105. The van der Waals surface area contributed by atoms with Gasteiger partial charge in [0.1, 0.15) is 11.3 Å². The fraction of sp³-hybridized carbons (Fsp3) is 0.185. The van der Waals surface area contributed by atoms with Crippen molar-refractivity contribution in [1.29, 1.82) is 0 Å². The van der Waals surface area contributed by atoms with Crippen molar-refractivity contribution in [2.24, 2.45) is 5.10 Å². The molecule has 160 valence electrons. The molecule has 0 aliphatic carbocycles. The van der Waals surface area contributed by atoms with Crippen molar-refractivity contribution < 1.29 is 4.42 Å². The molecule has 5 nitrogen and oxygen atoms in total. The van der Waals surface area contributed by atoms with Crippen LogP contribution in [0.4, 0.5) is 5.95 Å². The molecule has 0 saturated heterocycles. The van der Waals surface area contributed by atoms with Gasteiger partial charge >= 0.3 is 0 Å². The Morgan fingerprint density at radius 1 is 0.938 bits per heavy atom. The molecule has 5 heteroatoms. The van der Waals surface area contributed by atoms with Gasteiger partial charge in [0, 0.05) is 17.0 Å². The number of nitrogens with zero attached hydrogens (tertiary/aromatic N) is 2. The van der Waals surface area contributed by atoms with E-state index in [0.717, 1.165) is 44.2 Å². The first-order valence-electron chi connectivity index (χ1n) is 10.8. The molecule has 0 aliphatic rings. The maximum atomic E-state index is 6.26. The Hall–Kier alpha value is -3.86. The van der Waals surface area contributed by atoms with Crippen LogP contribution in [0.2, 0.25) is 0 Å². The average Bonchev–Trinajstić information content (AvgIpc) is 3.20. The van der Waals surface area contributed by atoms with Crippen LogP contribution in [0.1, 0.15) is 31.9 Å². The van der Waals surface area contributed by atoms with Crippen molar-refractivity contribution in [2.75, 3.05) is 5.43 Å². The van der Waals surface area contributed by atoms with Crippen LogP contribution < -0.4 is 10.8 Å². The molecule has 2 aromatic heterocycles. The van der Waals surface area contributed by atoms with Crippen LogP contribution in [0.5, 0.6) is 0 Å². The summed E-state index contributed by atoms with van der Waals surface area (Å²) < 4.78 is 6.26. The number of hydrogen-bond donors (Lipinski definition) is 2. The molecule has 0 aliphatic heterocycles. The smallest absolute Gasteiger partial charge is 0.222 e. The highest BCUT2D eigenvalue weighted by atomic mass is 16.3. The summed E-state index contributed by atoms with van der Waals surface area (Å²) in [6.07, 6.45) is 0. The van der Waals surface area contributed by atoms with E-state index < -0.39 is 0 Å². The summed E-state index contributed by atoms with van der Waals surface area (Å²) in [5.41, 5.74) is 9.29. The molecule has 2 N–H and O–H groups in total. The summed E-state index contributed by atoms with van der Waals surface area (Å²) in [5.74, 6) is 1.37. The highest BCUT2D eigenvalue weighted by Crippen LogP contribution is 2.27. The number of H-pyrrole nitrogens is 1. The second kappa shape index (κ2) is 7.68. The Morgan fingerprint density at radius 3 is 2.47 bits per heavy atom. The van der Waals surface area contributed by atoms with Gasteiger partial charge in [0.05, 0.1) is 16.4 Å². The molecule has 0 amide bonds. The Labute approximate surface area is 186 Å². The summed E-state index contributed by atoms with van der Waals surface area (Å²) in [7, 11) is 0. The molecule has 5 aromatic rings. The van der Waals surface area contributed by atoms with Gasteiger partial charge in [-0.15, -0.1) is 0 Å². The van der Waals surface area contributed by atoms with Gasteiger partial charge in [-0.3, -0.25) is 0 Å². The largest absolute Gasteiger partial charge is 0.456 e. The van der Waals surface area contributed by atoms with Crippen molar-refractivity contribution >= 4 is 28.0 Å². The molecule has 2 heterocycles. The average molecular weight is 423 g/mol. The molecule has 0 unspecified atom stereocenters. The van der Waals surface area contributed by atoms with E-state index in [1.807, 2.05) is 36.4 Å². The predicted octanol–water partition coefficient (Wildman–Crippen LogP) is 6.51. The maximum absolute atomic E-state index is 6.26. The van der Waals surface area contributed by atoms with E-state index in [-0.39, 0.29) is 5.41 Å². The standard InChI is InChI=1S/C27H26N4O/c1-17-9-14-24-20(15-17)23(30-31-26-28-21-7-5-6-8-22(21)29-26)16-25(32-24)18-10-12-19(13-11-18)27(2,3)4/h5-16H,1-4H3,(H2,28,29,31)/b30-23+. The Morgan fingerprint density at radius 2 is 1.72 bits per heavy atom. The molecule has 0 radical (unpaired) electrons. The normalized spacial score (nSPS) is 12.6. The van der Waals surface area contributed by atoms with Crippen LogP contribution in [0.3, 0.4) is 0 Å². The number of nitrogens with one attached hydrogen (secondary N) is 2. The quantitative estimate of drug-likeness (QED) is 0.326. The summed E-state index contributed by atoms with van der Waals surface area (Å²) >= 11 is 0. The third kappa shape index (κ3) is 3.89. The molecular formula is C27H26N4O. The maximum Gasteiger partial charge on any atom is 0.222 e. The van der Waals surface area contributed by atoms with Gasteiger partial charge in [-0.1, -0.05) is 68.8 Å². The van der Waals surface area contributed by atoms with Gasteiger partial charge in [-0.25, -0.2) is 10.4 Å². The number of benzene rings is 3. The lowest BCUT2D eigenvalue weighted by Gasteiger charge is -2.19. The first-order chi connectivity index (χ1) is 15.4. The highest BCUT2D eigenvalue weighted by molar-refractivity contribution is 5.79. The molecule has 0 fully saturated rings. The molecular weight excluding hydrogens is 396 g/mol. The Bertz CT molecular complexity index is 1450.